The van der Waals surface area contributed by atoms with Crippen molar-refractivity contribution in [2.75, 3.05) is 27.7 Å². The number of nitrogens with zero attached hydrogens (tertiary/aromatic N) is 2. The molecule has 158 valence electrons. The summed E-state index contributed by atoms with van der Waals surface area (Å²) in [5.41, 5.74) is 2.07. The number of ether oxygens (including phenoxy) is 1. The first-order valence-electron chi connectivity index (χ1n) is 9.03. The number of carbonyl (C=O) groups is 1. The molecular weight excluding hydrogens is 503 g/mol. The lowest BCUT2D eigenvalue weighted by Crippen LogP contribution is -2.43. The summed E-state index contributed by atoms with van der Waals surface area (Å²) in [4.78, 5) is 18.1. The molecule has 0 heterocycles. The van der Waals surface area contributed by atoms with Crippen molar-refractivity contribution in [3.63, 3.8) is 0 Å². The van der Waals surface area contributed by atoms with Crippen molar-refractivity contribution in [3.8, 4) is 5.75 Å². The standard InChI is InChI=1S/C21H27ClN4O2.HI/c1-15(17-8-6-5-7-9-17)25-21(24-14-20(27)26(2)3)23-13-16-10-11-19(28-4)18(22)12-16;/h5-12,15H,13-14H2,1-4H3,(H2,23,24,25);1H. The van der Waals surface area contributed by atoms with Crippen molar-refractivity contribution in [1.29, 1.82) is 0 Å². The van der Waals surface area contributed by atoms with E-state index in [1.54, 1.807) is 21.2 Å². The number of nitrogens with one attached hydrogen (secondary N) is 2. The first-order chi connectivity index (χ1) is 13.4. The van der Waals surface area contributed by atoms with E-state index in [1.807, 2.05) is 55.5 Å². The van der Waals surface area contributed by atoms with Gasteiger partial charge in [-0.05, 0) is 30.2 Å². The second-order valence-corrected chi connectivity index (χ2v) is 6.96. The molecule has 2 rings (SSSR count). The average Bonchev–Trinajstić information content (AvgIpc) is 2.70. The number of likely N-dealkylation sites (N-methyl/N-ethyl adjacent to an activating group) is 1. The van der Waals surface area contributed by atoms with Gasteiger partial charge in [-0.25, -0.2) is 4.99 Å². The van der Waals surface area contributed by atoms with Crippen LogP contribution in [-0.4, -0.2) is 44.5 Å². The molecule has 0 saturated carbocycles. The Morgan fingerprint density at radius 1 is 1.21 bits per heavy atom. The summed E-state index contributed by atoms with van der Waals surface area (Å²) < 4.78 is 5.18. The van der Waals surface area contributed by atoms with Crippen LogP contribution in [0.3, 0.4) is 0 Å². The molecule has 0 bridgehead atoms. The molecule has 2 N–H and O–H groups in total. The van der Waals surface area contributed by atoms with Crippen molar-refractivity contribution in [2.24, 2.45) is 4.99 Å². The molecule has 0 aromatic heterocycles. The van der Waals surface area contributed by atoms with Gasteiger partial charge in [-0.3, -0.25) is 4.79 Å². The molecule has 2 aromatic carbocycles. The Hall–Kier alpha value is -2.00. The van der Waals surface area contributed by atoms with Crippen LogP contribution in [0.4, 0.5) is 0 Å². The minimum Gasteiger partial charge on any atom is -0.495 e. The lowest BCUT2D eigenvalue weighted by Gasteiger charge is -2.19. The molecule has 0 fully saturated rings. The molecule has 1 amide bonds. The molecule has 0 aliphatic carbocycles. The summed E-state index contributed by atoms with van der Waals surface area (Å²) in [5, 5.41) is 6.98. The number of benzene rings is 2. The van der Waals surface area contributed by atoms with Crippen LogP contribution < -0.4 is 15.4 Å². The number of rotatable bonds is 7. The third-order valence-electron chi connectivity index (χ3n) is 4.19. The Morgan fingerprint density at radius 2 is 1.90 bits per heavy atom. The van der Waals surface area contributed by atoms with Gasteiger partial charge in [-0.1, -0.05) is 48.0 Å². The Balaban J connectivity index is 0.00000420. The predicted molar refractivity (Wildman–Crippen MR) is 129 cm³/mol. The monoisotopic (exact) mass is 530 g/mol. The van der Waals surface area contributed by atoms with Gasteiger partial charge in [0.15, 0.2) is 5.96 Å². The fourth-order valence-corrected chi connectivity index (χ4v) is 2.76. The van der Waals surface area contributed by atoms with Crippen molar-refractivity contribution in [3.05, 3.63) is 64.7 Å². The van der Waals surface area contributed by atoms with Crippen LogP contribution in [0.25, 0.3) is 0 Å². The quantitative estimate of drug-likeness (QED) is 0.324. The van der Waals surface area contributed by atoms with E-state index in [4.69, 9.17) is 16.3 Å². The van der Waals surface area contributed by atoms with E-state index in [0.717, 1.165) is 11.1 Å². The maximum Gasteiger partial charge on any atom is 0.241 e. The maximum absolute atomic E-state index is 11.9. The smallest absolute Gasteiger partial charge is 0.241 e. The predicted octanol–water partition coefficient (Wildman–Crippen LogP) is 3.85. The number of hydrogen-bond donors (Lipinski definition) is 2. The maximum atomic E-state index is 11.9. The van der Waals surface area contributed by atoms with Crippen LogP contribution in [0, 0.1) is 0 Å². The van der Waals surface area contributed by atoms with Crippen LogP contribution in [-0.2, 0) is 11.3 Å². The highest BCUT2D eigenvalue weighted by molar-refractivity contribution is 14.0. The van der Waals surface area contributed by atoms with E-state index in [0.29, 0.717) is 23.3 Å². The lowest BCUT2D eigenvalue weighted by molar-refractivity contribution is -0.127. The number of hydrogen-bond acceptors (Lipinski definition) is 3. The van der Waals surface area contributed by atoms with Gasteiger partial charge in [0, 0.05) is 14.1 Å². The molecule has 1 atom stereocenters. The van der Waals surface area contributed by atoms with Crippen molar-refractivity contribution in [1.82, 2.24) is 15.5 Å². The van der Waals surface area contributed by atoms with Gasteiger partial charge in [0.1, 0.15) is 5.75 Å². The largest absolute Gasteiger partial charge is 0.495 e. The van der Waals surface area contributed by atoms with Gasteiger partial charge in [0.2, 0.25) is 5.91 Å². The minimum atomic E-state index is -0.0330. The van der Waals surface area contributed by atoms with Crippen LogP contribution in [0.15, 0.2) is 53.5 Å². The molecule has 0 saturated heterocycles. The van der Waals surface area contributed by atoms with Crippen LogP contribution >= 0.6 is 35.6 Å². The number of methoxy groups -OCH3 is 1. The van der Waals surface area contributed by atoms with Crippen LogP contribution in [0.1, 0.15) is 24.1 Å². The highest BCUT2D eigenvalue weighted by Crippen LogP contribution is 2.25. The zero-order valence-electron chi connectivity index (χ0n) is 17.1. The molecule has 0 aliphatic heterocycles. The van der Waals surface area contributed by atoms with E-state index >= 15 is 0 Å². The lowest BCUT2D eigenvalue weighted by atomic mass is 10.1. The molecule has 29 heavy (non-hydrogen) atoms. The molecule has 0 radical (unpaired) electrons. The number of halogens is 2. The van der Waals surface area contributed by atoms with Gasteiger partial charge < -0.3 is 20.3 Å². The highest BCUT2D eigenvalue weighted by Gasteiger charge is 2.10. The summed E-state index contributed by atoms with van der Waals surface area (Å²) in [5.74, 6) is 1.15. The van der Waals surface area contributed by atoms with Gasteiger partial charge in [-0.15, -0.1) is 24.0 Å². The van der Waals surface area contributed by atoms with Crippen molar-refractivity contribution < 1.29 is 9.53 Å². The number of guanidine groups is 1. The Kier molecular flexibility index (Phi) is 10.8. The molecule has 2 aromatic rings. The Morgan fingerprint density at radius 3 is 2.48 bits per heavy atom. The zero-order valence-corrected chi connectivity index (χ0v) is 20.2. The van der Waals surface area contributed by atoms with Gasteiger partial charge >= 0.3 is 0 Å². The highest BCUT2D eigenvalue weighted by atomic mass is 127. The van der Waals surface area contributed by atoms with E-state index < -0.39 is 0 Å². The first-order valence-corrected chi connectivity index (χ1v) is 9.41. The first kappa shape index (κ1) is 25.0. The second kappa shape index (κ2) is 12.5. The molecule has 8 heteroatoms. The average molecular weight is 531 g/mol. The summed E-state index contributed by atoms with van der Waals surface area (Å²) in [6, 6.07) is 15.6. The van der Waals surface area contributed by atoms with E-state index in [9.17, 15) is 4.79 Å². The van der Waals surface area contributed by atoms with E-state index in [-0.39, 0.29) is 42.5 Å². The van der Waals surface area contributed by atoms with Gasteiger partial charge in [-0.2, -0.15) is 0 Å². The summed E-state index contributed by atoms with van der Waals surface area (Å²) >= 11 is 6.19. The minimum absolute atomic E-state index is 0. The van der Waals surface area contributed by atoms with E-state index in [2.05, 4.69) is 15.6 Å². The topological polar surface area (TPSA) is 66.0 Å². The number of carbonyl (C=O) groups excluding carboxylic acids is 1. The molecule has 6 nitrogen and oxygen atoms in total. The fraction of sp³-hybridized carbons (Fsp3) is 0.333. The van der Waals surface area contributed by atoms with Gasteiger partial charge in [0.05, 0.1) is 31.3 Å². The van der Waals surface area contributed by atoms with Crippen LogP contribution in [0.5, 0.6) is 5.75 Å². The van der Waals surface area contributed by atoms with E-state index in [1.165, 1.54) is 4.90 Å². The molecule has 0 aliphatic rings. The summed E-state index contributed by atoms with van der Waals surface area (Å²) in [6.07, 6.45) is 0. The summed E-state index contributed by atoms with van der Waals surface area (Å²) in [7, 11) is 5.03. The molecule has 1 unspecified atom stereocenters. The van der Waals surface area contributed by atoms with Gasteiger partial charge in [0.25, 0.3) is 0 Å². The molecule has 0 spiro atoms. The van der Waals surface area contributed by atoms with Crippen LogP contribution in [0.2, 0.25) is 5.02 Å². The SMILES string of the molecule is COc1ccc(CN=C(NCC(=O)N(C)C)NC(C)c2ccccc2)cc1Cl.I. The normalized spacial score (nSPS) is 11.8. The number of amides is 1. The summed E-state index contributed by atoms with van der Waals surface area (Å²) in [6.45, 7) is 2.62. The van der Waals surface area contributed by atoms with Crippen molar-refractivity contribution in [2.45, 2.75) is 19.5 Å². The zero-order chi connectivity index (χ0) is 20.5. The number of aliphatic imine (C=N–C) groups is 1. The molecular formula is C21H28ClIN4O2. The Bertz CT molecular complexity index is 816. The van der Waals surface area contributed by atoms with Crippen molar-refractivity contribution >= 4 is 47.4 Å². The third kappa shape index (κ3) is 8.10. The Labute approximate surface area is 194 Å². The fourth-order valence-electron chi connectivity index (χ4n) is 2.48. The second-order valence-electron chi connectivity index (χ2n) is 6.55. The third-order valence-corrected chi connectivity index (χ3v) is 4.49.